The van der Waals surface area contributed by atoms with Crippen molar-refractivity contribution in [3.63, 3.8) is 0 Å². The summed E-state index contributed by atoms with van der Waals surface area (Å²) < 4.78 is 15.5. The fourth-order valence-electron chi connectivity index (χ4n) is 4.33. The maximum atomic E-state index is 6.57. The molecule has 32 heavy (non-hydrogen) atoms. The molecule has 0 aliphatic heterocycles. The van der Waals surface area contributed by atoms with E-state index in [4.69, 9.17) is 15.2 Å². The van der Waals surface area contributed by atoms with Crippen LogP contribution in [0.1, 0.15) is 83.9 Å². The average Bonchev–Trinajstić information content (AvgIpc) is 3.36. The van der Waals surface area contributed by atoms with E-state index in [2.05, 4.69) is 46.8 Å². The number of benzene rings is 1. The van der Waals surface area contributed by atoms with Gasteiger partial charge in [0.15, 0.2) is 0 Å². The number of thiophene rings is 2. The molecule has 2 aromatic heterocycles. The zero-order valence-corrected chi connectivity index (χ0v) is 22.2. The molecule has 3 nitrogen and oxygen atoms in total. The molecule has 2 heterocycles. The lowest BCUT2D eigenvalue weighted by Crippen LogP contribution is -2.12. The first-order valence-electron chi connectivity index (χ1n) is 12.5. The number of rotatable bonds is 14. The Bertz CT molecular complexity index is 858. The van der Waals surface area contributed by atoms with Gasteiger partial charge < -0.3 is 15.2 Å². The first kappa shape index (κ1) is 25.2. The van der Waals surface area contributed by atoms with Gasteiger partial charge in [-0.25, -0.2) is 0 Å². The number of hydrogen-bond acceptors (Lipinski definition) is 5. The minimum Gasteiger partial charge on any atom is -0.491 e. The van der Waals surface area contributed by atoms with Crippen molar-refractivity contribution in [2.45, 2.75) is 86.0 Å². The number of nitrogen functional groups attached to an aromatic ring is 1. The van der Waals surface area contributed by atoms with E-state index in [-0.39, 0.29) is 0 Å². The topological polar surface area (TPSA) is 44.5 Å². The number of ether oxygens (including phenoxy) is 2. The minimum atomic E-state index is 0.594. The molecule has 0 fully saturated rings. The summed E-state index contributed by atoms with van der Waals surface area (Å²) in [7, 11) is 0. The Labute approximate surface area is 202 Å². The lowest BCUT2D eigenvalue weighted by Gasteiger charge is -2.19. The van der Waals surface area contributed by atoms with Crippen LogP contribution in [0.15, 0.2) is 12.1 Å². The van der Waals surface area contributed by atoms with E-state index >= 15 is 0 Å². The van der Waals surface area contributed by atoms with Crippen molar-refractivity contribution >= 4 is 47.8 Å². The van der Waals surface area contributed by atoms with Gasteiger partial charge in [0.05, 0.1) is 27.6 Å². The third-order valence-corrected chi connectivity index (χ3v) is 8.53. The van der Waals surface area contributed by atoms with Crippen LogP contribution in [0, 0.1) is 18.8 Å². The molecule has 2 atom stereocenters. The van der Waals surface area contributed by atoms with Gasteiger partial charge in [-0.3, -0.25) is 0 Å². The molecule has 0 aliphatic rings. The van der Waals surface area contributed by atoms with E-state index in [0.29, 0.717) is 11.8 Å². The summed E-state index contributed by atoms with van der Waals surface area (Å²) in [6, 6.07) is 4.34. The molecular formula is C27H41NO2S2. The molecule has 2 N–H and O–H groups in total. The van der Waals surface area contributed by atoms with Crippen molar-refractivity contribution in [3.8, 4) is 11.5 Å². The molecule has 0 spiro atoms. The third kappa shape index (κ3) is 5.91. The summed E-state index contributed by atoms with van der Waals surface area (Å²) in [6.45, 7) is 12.8. The van der Waals surface area contributed by atoms with Gasteiger partial charge >= 0.3 is 0 Å². The van der Waals surface area contributed by atoms with Gasteiger partial charge in [-0.2, -0.15) is 0 Å². The van der Waals surface area contributed by atoms with Crippen molar-refractivity contribution in [1.82, 2.24) is 0 Å². The number of hydrogen-bond donors (Lipinski definition) is 1. The Morgan fingerprint density at radius 2 is 1.28 bits per heavy atom. The minimum absolute atomic E-state index is 0.594. The lowest BCUT2D eigenvalue weighted by molar-refractivity contribution is 0.235. The van der Waals surface area contributed by atoms with Crippen LogP contribution in [-0.4, -0.2) is 13.2 Å². The SMILES string of the molecule is CCCCC(CC)COc1c2cc(N)sc2c(OCC(CC)CCCC)c2cc(C)sc12. The van der Waals surface area contributed by atoms with Gasteiger partial charge in [-0.05, 0) is 43.7 Å². The molecule has 0 saturated heterocycles. The Kier molecular flexibility index (Phi) is 9.54. The fourth-order valence-corrected chi connectivity index (χ4v) is 6.29. The van der Waals surface area contributed by atoms with Crippen molar-refractivity contribution in [3.05, 3.63) is 17.0 Å². The smallest absolute Gasteiger partial charge is 0.146 e. The van der Waals surface area contributed by atoms with E-state index in [1.54, 1.807) is 22.7 Å². The van der Waals surface area contributed by atoms with E-state index < -0.39 is 0 Å². The van der Waals surface area contributed by atoms with Crippen LogP contribution in [-0.2, 0) is 0 Å². The molecule has 5 heteroatoms. The van der Waals surface area contributed by atoms with Gasteiger partial charge in [0.25, 0.3) is 0 Å². The lowest BCUT2D eigenvalue weighted by atomic mass is 10.0. The summed E-state index contributed by atoms with van der Waals surface area (Å²) in [5.74, 6) is 3.19. The normalized spacial score (nSPS) is 13.7. The Morgan fingerprint density at radius 3 is 1.78 bits per heavy atom. The summed E-state index contributed by atoms with van der Waals surface area (Å²) in [5, 5.41) is 3.12. The van der Waals surface area contributed by atoms with Gasteiger partial charge in [0.1, 0.15) is 11.5 Å². The second kappa shape index (κ2) is 12.1. The third-order valence-electron chi connectivity index (χ3n) is 6.52. The highest BCUT2D eigenvalue weighted by atomic mass is 32.1. The van der Waals surface area contributed by atoms with Crippen molar-refractivity contribution in [1.29, 1.82) is 0 Å². The van der Waals surface area contributed by atoms with E-state index in [0.717, 1.165) is 52.6 Å². The standard InChI is InChI=1S/C27H41NO2S2/c1-6-10-12-19(8-3)16-29-24-21-14-18(5)31-26(21)25(22-15-23(28)32-27(22)24)30-17-20(9-4)13-11-7-2/h14-15,19-20H,6-13,16-17,28H2,1-5H3. The van der Waals surface area contributed by atoms with Crippen LogP contribution in [0.5, 0.6) is 11.5 Å². The van der Waals surface area contributed by atoms with Crippen molar-refractivity contribution < 1.29 is 9.47 Å². The van der Waals surface area contributed by atoms with Crippen LogP contribution in [0.3, 0.4) is 0 Å². The molecule has 2 unspecified atom stereocenters. The summed E-state index contributed by atoms with van der Waals surface area (Å²) in [6.07, 6.45) is 9.76. The van der Waals surface area contributed by atoms with E-state index in [1.807, 2.05) is 0 Å². The summed E-state index contributed by atoms with van der Waals surface area (Å²) in [4.78, 5) is 1.29. The van der Waals surface area contributed by atoms with Crippen molar-refractivity contribution in [2.24, 2.45) is 11.8 Å². The van der Waals surface area contributed by atoms with Crippen LogP contribution in [0.4, 0.5) is 5.00 Å². The first-order valence-corrected chi connectivity index (χ1v) is 14.2. The Morgan fingerprint density at radius 1 is 0.781 bits per heavy atom. The highest BCUT2D eigenvalue weighted by Crippen LogP contribution is 2.50. The predicted octanol–water partition coefficient (Wildman–Crippen LogP) is 9.20. The zero-order chi connectivity index (χ0) is 23.1. The van der Waals surface area contributed by atoms with Crippen molar-refractivity contribution in [2.75, 3.05) is 18.9 Å². The molecule has 1 aromatic carbocycles. The molecule has 0 saturated carbocycles. The van der Waals surface area contributed by atoms with Gasteiger partial charge in [0.2, 0.25) is 0 Å². The Hall–Kier alpha value is -1.46. The second-order valence-electron chi connectivity index (χ2n) is 9.10. The van der Waals surface area contributed by atoms with Gasteiger partial charge in [0, 0.05) is 15.6 Å². The molecular weight excluding hydrogens is 434 g/mol. The number of anilines is 1. The van der Waals surface area contributed by atoms with Gasteiger partial charge in [-0.15, -0.1) is 22.7 Å². The molecule has 0 radical (unpaired) electrons. The number of unbranched alkanes of at least 4 members (excludes halogenated alkanes) is 2. The highest BCUT2D eigenvalue weighted by molar-refractivity contribution is 7.24. The largest absolute Gasteiger partial charge is 0.491 e. The monoisotopic (exact) mass is 475 g/mol. The molecule has 0 aliphatic carbocycles. The average molecular weight is 476 g/mol. The number of nitrogens with two attached hydrogens (primary N) is 1. The number of fused-ring (bicyclic) bond motifs is 2. The van der Waals surface area contributed by atoms with Crippen LogP contribution in [0.2, 0.25) is 0 Å². The molecule has 3 aromatic rings. The Balaban J connectivity index is 1.96. The summed E-state index contributed by atoms with van der Waals surface area (Å²) >= 11 is 3.43. The predicted molar refractivity (Wildman–Crippen MR) is 144 cm³/mol. The zero-order valence-electron chi connectivity index (χ0n) is 20.6. The van der Waals surface area contributed by atoms with Gasteiger partial charge in [-0.1, -0.05) is 66.2 Å². The van der Waals surface area contributed by atoms with Crippen LogP contribution < -0.4 is 15.2 Å². The maximum absolute atomic E-state index is 6.57. The highest BCUT2D eigenvalue weighted by Gasteiger charge is 2.22. The maximum Gasteiger partial charge on any atom is 0.146 e. The van der Waals surface area contributed by atoms with E-state index in [1.165, 1.54) is 53.5 Å². The second-order valence-corrected chi connectivity index (χ2v) is 11.4. The summed E-state index contributed by atoms with van der Waals surface area (Å²) in [5.41, 5.74) is 6.30. The molecule has 0 amide bonds. The first-order chi connectivity index (χ1) is 15.5. The number of aryl methyl sites for hydroxylation is 1. The van der Waals surface area contributed by atoms with Crippen LogP contribution >= 0.6 is 22.7 Å². The fraction of sp³-hybridized carbons (Fsp3) is 0.630. The van der Waals surface area contributed by atoms with E-state index in [9.17, 15) is 0 Å². The molecule has 178 valence electrons. The quantitative estimate of drug-likeness (QED) is 0.253. The molecule has 3 rings (SSSR count). The molecule has 0 bridgehead atoms. The van der Waals surface area contributed by atoms with Crippen LogP contribution in [0.25, 0.3) is 20.2 Å².